The SMILES string of the molecule is C/C(=N\NC(=O)COc1ccc(C)cc1Br)c1cccc(N)c1. The molecule has 0 radical (unpaired) electrons. The molecular weight excluding hydrogens is 358 g/mol. The third-order valence-corrected chi connectivity index (χ3v) is 3.72. The molecule has 0 spiro atoms. The molecule has 0 heterocycles. The molecule has 0 aliphatic carbocycles. The van der Waals surface area contributed by atoms with E-state index in [1.54, 1.807) is 19.1 Å². The highest BCUT2D eigenvalue weighted by Crippen LogP contribution is 2.25. The third kappa shape index (κ3) is 5.10. The van der Waals surface area contributed by atoms with Gasteiger partial charge in [0, 0.05) is 5.69 Å². The first-order valence-electron chi connectivity index (χ1n) is 7.03. The molecule has 0 saturated heterocycles. The zero-order valence-corrected chi connectivity index (χ0v) is 14.6. The van der Waals surface area contributed by atoms with E-state index >= 15 is 0 Å². The van der Waals surface area contributed by atoms with Gasteiger partial charge in [-0.25, -0.2) is 5.43 Å². The summed E-state index contributed by atoms with van der Waals surface area (Å²) in [5.41, 5.74) is 11.5. The van der Waals surface area contributed by atoms with Crippen LogP contribution in [-0.4, -0.2) is 18.2 Å². The zero-order valence-electron chi connectivity index (χ0n) is 13.0. The minimum atomic E-state index is -0.333. The molecule has 0 fully saturated rings. The van der Waals surface area contributed by atoms with Crippen molar-refractivity contribution in [3.8, 4) is 5.75 Å². The molecule has 0 aliphatic heterocycles. The lowest BCUT2D eigenvalue weighted by Gasteiger charge is -2.08. The zero-order chi connectivity index (χ0) is 16.8. The van der Waals surface area contributed by atoms with Gasteiger partial charge in [0.25, 0.3) is 5.91 Å². The van der Waals surface area contributed by atoms with Crippen molar-refractivity contribution in [1.29, 1.82) is 0 Å². The summed E-state index contributed by atoms with van der Waals surface area (Å²) < 4.78 is 6.27. The summed E-state index contributed by atoms with van der Waals surface area (Å²) in [5.74, 6) is 0.281. The lowest BCUT2D eigenvalue weighted by Crippen LogP contribution is -2.25. The summed E-state index contributed by atoms with van der Waals surface area (Å²) >= 11 is 3.40. The summed E-state index contributed by atoms with van der Waals surface area (Å²) in [4.78, 5) is 11.8. The van der Waals surface area contributed by atoms with Crippen LogP contribution in [0.2, 0.25) is 0 Å². The molecule has 3 N–H and O–H groups in total. The number of rotatable bonds is 5. The molecule has 2 aromatic carbocycles. The highest BCUT2D eigenvalue weighted by Gasteiger charge is 2.06. The number of nitrogens with zero attached hydrogens (tertiary/aromatic N) is 1. The lowest BCUT2D eigenvalue weighted by atomic mass is 10.1. The largest absolute Gasteiger partial charge is 0.483 e. The molecule has 0 bridgehead atoms. The lowest BCUT2D eigenvalue weighted by molar-refractivity contribution is -0.123. The highest BCUT2D eigenvalue weighted by molar-refractivity contribution is 9.10. The Bertz CT molecular complexity index is 744. The number of nitrogens with two attached hydrogens (primary N) is 1. The fourth-order valence-electron chi connectivity index (χ4n) is 1.87. The molecule has 6 heteroatoms. The standard InChI is InChI=1S/C17H18BrN3O2/c1-11-6-7-16(15(18)8-11)23-10-17(22)21-20-12(2)13-4-3-5-14(19)9-13/h3-9H,10,19H2,1-2H3,(H,21,22)/b20-12+. The van der Waals surface area contributed by atoms with E-state index in [2.05, 4.69) is 26.5 Å². The van der Waals surface area contributed by atoms with E-state index < -0.39 is 0 Å². The van der Waals surface area contributed by atoms with Crippen LogP contribution in [0.25, 0.3) is 0 Å². The van der Waals surface area contributed by atoms with Crippen molar-refractivity contribution in [3.63, 3.8) is 0 Å². The summed E-state index contributed by atoms with van der Waals surface area (Å²) in [7, 11) is 0. The molecule has 0 aliphatic rings. The Hall–Kier alpha value is -2.34. The average molecular weight is 376 g/mol. The van der Waals surface area contributed by atoms with Gasteiger partial charge >= 0.3 is 0 Å². The predicted octanol–water partition coefficient (Wildman–Crippen LogP) is 3.26. The molecule has 0 unspecified atom stereocenters. The maximum atomic E-state index is 11.8. The third-order valence-electron chi connectivity index (χ3n) is 3.10. The van der Waals surface area contributed by atoms with Crippen LogP contribution in [0.15, 0.2) is 52.0 Å². The second-order valence-corrected chi connectivity index (χ2v) is 5.93. The van der Waals surface area contributed by atoms with Crippen molar-refractivity contribution in [3.05, 3.63) is 58.1 Å². The van der Waals surface area contributed by atoms with Crippen LogP contribution in [0.3, 0.4) is 0 Å². The minimum Gasteiger partial charge on any atom is -0.483 e. The molecule has 23 heavy (non-hydrogen) atoms. The fraction of sp³-hybridized carbons (Fsp3) is 0.176. The van der Waals surface area contributed by atoms with Gasteiger partial charge < -0.3 is 10.5 Å². The van der Waals surface area contributed by atoms with Gasteiger partial charge in [0.2, 0.25) is 0 Å². The molecule has 2 aromatic rings. The van der Waals surface area contributed by atoms with E-state index in [4.69, 9.17) is 10.5 Å². The van der Waals surface area contributed by atoms with E-state index in [-0.39, 0.29) is 12.5 Å². The Morgan fingerprint density at radius 1 is 1.30 bits per heavy atom. The number of hydrazone groups is 1. The van der Waals surface area contributed by atoms with E-state index in [0.717, 1.165) is 15.6 Å². The summed E-state index contributed by atoms with van der Waals surface area (Å²) in [6, 6.07) is 13.0. The summed E-state index contributed by atoms with van der Waals surface area (Å²) in [5, 5.41) is 4.05. The van der Waals surface area contributed by atoms with Gasteiger partial charge in [0.1, 0.15) is 5.75 Å². The molecular formula is C17H18BrN3O2. The van der Waals surface area contributed by atoms with Crippen molar-refractivity contribution in [2.45, 2.75) is 13.8 Å². The van der Waals surface area contributed by atoms with Gasteiger partial charge in [-0.3, -0.25) is 4.79 Å². The number of hydrogen-bond donors (Lipinski definition) is 2. The van der Waals surface area contributed by atoms with Gasteiger partial charge in [-0.05, 0) is 65.2 Å². The minimum absolute atomic E-state index is 0.116. The van der Waals surface area contributed by atoms with Crippen molar-refractivity contribution in [2.24, 2.45) is 5.10 Å². The van der Waals surface area contributed by atoms with Crippen LogP contribution in [0, 0.1) is 6.92 Å². The first-order valence-corrected chi connectivity index (χ1v) is 7.83. The number of halogens is 1. The number of ether oxygens (including phenoxy) is 1. The number of aryl methyl sites for hydroxylation is 1. The second-order valence-electron chi connectivity index (χ2n) is 5.08. The molecule has 120 valence electrons. The first kappa shape index (κ1) is 17.0. The molecule has 0 atom stereocenters. The van der Waals surface area contributed by atoms with E-state index in [0.29, 0.717) is 17.1 Å². The Morgan fingerprint density at radius 3 is 2.78 bits per heavy atom. The van der Waals surface area contributed by atoms with Crippen molar-refractivity contribution < 1.29 is 9.53 Å². The van der Waals surface area contributed by atoms with E-state index in [1.807, 2.05) is 37.3 Å². The summed E-state index contributed by atoms with van der Waals surface area (Å²) in [6.07, 6.45) is 0. The first-order chi connectivity index (χ1) is 11.0. The number of nitrogens with one attached hydrogen (secondary N) is 1. The average Bonchev–Trinajstić information content (AvgIpc) is 2.51. The van der Waals surface area contributed by atoms with Crippen molar-refractivity contribution in [2.75, 3.05) is 12.3 Å². The topological polar surface area (TPSA) is 76.7 Å². The number of anilines is 1. The number of carbonyl (C=O) groups excluding carboxylic acids is 1. The number of carbonyl (C=O) groups is 1. The normalized spacial score (nSPS) is 11.2. The van der Waals surface area contributed by atoms with Crippen molar-refractivity contribution >= 4 is 33.2 Å². The molecule has 0 saturated carbocycles. The monoisotopic (exact) mass is 375 g/mol. The molecule has 1 amide bonds. The molecule has 0 aromatic heterocycles. The fourth-order valence-corrected chi connectivity index (χ4v) is 2.48. The quantitative estimate of drug-likeness (QED) is 0.478. The number of benzene rings is 2. The summed E-state index contributed by atoms with van der Waals surface area (Å²) in [6.45, 7) is 3.66. The van der Waals surface area contributed by atoms with Gasteiger partial charge in [-0.2, -0.15) is 5.10 Å². The second kappa shape index (κ2) is 7.78. The maximum Gasteiger partial charge on any atom is 0.277 e. The maximum absolute atomic E-state index is 11.8. The highest BCUT2D eigenvalue weighted by atomic mass is 79.9. The van der Waals surface area contributed by atoms with Crippen molar-refractivity contribution in [1.82, 2.24) is 5.43 Å². The van der Waals surface area contributed by atoms with E-state index in [1.165, 1.54) is 0 Å². The molecule has 2 rings (SSSR count). The van der Waals surface area contributed by atoms with Crippen LogP contribution in [0.5, 0.6) is 5.75 Å². The van der Waals surface area contributed by atoms with Crippen LogP contribution in [0.4, 0.5) is 5.69 Å². The smallest absolute Gasteiger partial charge is 0.277 e. The Kier molecular flexibility index (Phi) is 5.76. The van der Waals surface area contributed by atoms with E-state index in [9.17, 15) is 4.79 Å². The van der Waals surface area contributed by atoms with Crippen LogP contribution in [-0.2, 0) is 4.79 Å². The number of hydrogen-bond acceptors (Lipinski definition) is 4. The van der Waals surface area contributed by atoms with Crippen LogP contribution >= 0.6 is 15.9 Å². The van der Waals surface area contributed by atoms with Gasteiger partial charge in [0.05, 0.1) is 10.2 Å². The Morgan fingerprint density at radius 2 is 2.09 bits per heavy atom. The molecule has 5 nitrogen and oxygen atoms in total. The van der Waals surface area contributed by atoms with Crippen LogP contribution in [0.1, 0.15) is 18.1 Å². The predicted molar refractivity (Wildman–Crippen MR) is 95.6 cm³/mol. The van der Waals surface area contributed by atoms with Crippen LogP contribution < -0.4 is 15.9 Å². The van der Waals surface area contributed by atoms with Gasteiger partial charge in [-0.15, -0.1) is 0 Å². The number of nitrogen functional groups attached to an aromatic ring is 1. The number of amides is 1. The Labute approximate surface area is 143 Å². The van der Waals surface area contributed by atoms with Gasteiger partial charge in [0.15, 0.2) is 6.61 Å². The Balaban J connectivity index is 1.90. The van der Waals surface area contributed by atoms with Gasteiger partial charge in [-0.1, -0.05) is 18.2 Å².